The molecule has 24 heavy (non-hydrogen) atoms. The molecule has 5 heteroatoms. The Hall–Kier alpha value is -2.27. The lowest BCUT2D eigenvalue weighted by atomic mass is 10.00. The average molecular weight is 324 g/mol. The number of hydrogen-bond donors (Lipinski definition) is 0. The molecule has 2 heterocycles. The van der Waals surface area contributed by atoms with E-state index in [9.17, 15) is 4.79 Å². The third-order valence-electron chi connectivity index (χ3n) is 4.52. The summed E-state index contributed by atoms with van der Waals surface area (Å²) in [5, 5.41) is 0. The second-order valence-corrected chi connectivity index (χ2v) is 6.36. The molecule has 1 saturated heterocycles. The van der Waals surface area contributed by atoms with Crippen LogP contribution in [0.25, 0.3) is 0 Å². The van der Waals surface area contributed by atoms with Gasteiger partial charge in [-0.25, -0.2) is 0 Å². The monoisotopic (exact) mass is 324 g/mol. The molecule has 0 aliphatic carbocycles. The van der Waals surface area contributed by atoms with Gasteiger partial charge in [0.2, 0.25) is 5.91 Å². The van der Waals surface area contributed by atoms with Gasteiger partial charge >= 0.3 is 0 Å². The molecule has 1 atom stereocenters. The summed E-state index contributed by atoms with van der Waals surface area (Å²) >= 11 is 0. The minimum absolute atomic E-state index is 0.0411. The molecule has 0 bridgehead atoms. The number of hydrogen-bond acceptors (Lipinski definition) is 4. The highest BCUT2D eigenvalue weighted by atomic mass is 16.2. The lowest BCUT2D eigenvalue weighted by molar-refractivity contribution is -0.137. The smallest absolute Gasteiger partial charge is 0.240 e. The quantitative estimate of drug-likeness (QED) is 0.848. The van der Waals surface area contributed by atoms with Gasteiger partial charge in [-0.15, -0.1) is 0 Å². The van der Waals surface area contributed by atoms with E-state index in [0.29, 0.717) is 6.54 Å². The van der Waals surface area contributed by atoms with Crippen LogP contribution in [-0.2, 0) is 17.9 Å². The fourth-order valence-electron chi connectivity index (χ4n) is 3.26. The molecule has 0 N–H and O–H groups in total. The maximum atomic E-state index is 12.9. The molecule has 1 aromatic heterocycles. The summed E-state index contributed by atoms with van der Waals surface area (Å²) in [6.45, 7) is 2.31. The van der Waals surface area contributed by atoms with E-state index < -0.39 is 0 Å². The van der Waals surface area contributed by atoms with Crippen LogP contribution in [0.2, 0.25) is 0 Å². The zero-order valence-corrected chi connectivity index (χ0v) is 14.1. The van der Waals surface area contributed by atoms with Crippen LogP contribution in [0, 0.1) is 0 Å². The first-order valence-electron chi connectivity index (χ1n) is 8.52. The van der Waals surface area contributed by atoms with Gasteiger partial charge < -0.3 is 4.90 Å². The lowest BCUT2D eigenvalue weighted by Gasteiger charge is -2.36. The van der Waals surface area contributed by atoms with E-state index in [4.69, 9.17) is 0 Å². The number of aromatic nitrogens is 2. The second kappa shape index (κ2) is 8.02. The summed E-state index contributed by atoms with van der Waals surface area (Å²) in [5.74, 6) is 0.177. The predicted octanol–water partition coefficient (Wildman–Crippen LogP) is 2.49. The normalized spacial score (nSPS) is 18.3. The molecule has 2 aromatic rings. The van der Waals surface area contributed by atoms with Crippen molar-refractivity contribution in [2.75, 3.05) is 13.6 Å². The Labute approximate surface area is 143 Å². The van der Waals surface area contributed by atoms with Gasteiger partial charge in [-0.1, -0.05) is 36.8 Å². The molecule has 0 spiro atoms. The molecule has 1 amide bonds. The summed E-state index contributed by atoms with van der Waals surface area (Å²) in [7, 11) is 1.85. The van der Waals surface area contributed by atoms with Crippen molar-refractivity contribution in [1.29, 1.82) is 0 Å². The molecule has 0 radical (unpaired) electrons. The van der Waals surface area contributed by atoms with Gasteiger partial charge in [0.15, 0.2) is 0 Å². The van der Waals surface area contributed by atoms with Crippen molar-refractivity contribution in [1.82, 2.24) is 19.8 Å². The number of amides is 1. The zero-order valence-electron chi connectivity index (χ0n) is 14.1. The van der Waals surface area contributed by atoms with Gasteiger partial charge in [0.1, 0.15) is 0 Å². The maximum Gasteiger partial charge on any atom is 0.240 e. The molecule has 126 valence electrons. The van der Waals surface area contributed by atoms with Crippen molar-refractivity contribution in [3.05, 3.63) is 60.2 Å². The molecule has 1 aromatic carbocycles. The van der Waals surface area contributed by atoms with Crippen LogP contribution < -0.4 is 0 Å². The number of carbonyl (C=O) groups is 1. The minimum Gasteiger partial charge on any atom is -0.338 e. The molecular formula is C19H24N4O. The van der Waals surface area contributed by atoms with Crippen LogP contribution in [-0.4, -0.2) is 45.3 Å². The largest absolute Gasteiger partial charge is 0.338 e. The van der Waals surface area contributed by atoms with Crippen LogP contribution in [0.5, 0.6) is 0 Å². The Morgan fingerprint density at radius 3 is 2.83 bits per heavy atom. The fraction of sp³-hybridized carbons (Fsp3) is 0.421. The molecule has 0 unspecified atom stereocenters. The van der Waals surface area contributed by atoms with Crippen LogP contribution >= 0.6 is 0 Å². The molecule has 1 fully saturated rings. The van der Waals surface area contributed by atoms with E-state index in [-0.39, 0.29) is 11.9 Å². The van der Waals surface area contributed by atoms with Gasteiger partial charge in [-0.3, -0.25) is 19.7 Å². The molecule has 3 rings (SSSR count). The van der Waals surface area contributed by atoms with Gasteiger partial charge in [0, 0.05) is 26.0 Å². The highest BCUT2D eigenvalue weighted by Gasteiger charge is 2.30. The minimum atomic E-state index is -0.0411. The van der Waals surface area contributed by atoms with Gasteiger partial charge in [-0.05, 0) is 24.9 Å². The maximum absolute atomic E-state index is 12.9. The Balaban J connectivity index is 1.66. The van der Waals surface area contributed by atoms with Gasteiger partial charge in [-0.2, -0.15) is 0 Å². The Kier molecular flexibility index (Phi) is 5.54. The molecule has 1 aliphatic rings. The summed E-state index contributed by atoms with van der Waals surface area (Å²) in [5.41, 5.74) is 2.08. The fourth-order valence-corrected chi connectivity index (χ4v) is 3.26. The van der Waals surface area contributed by atoms with Crippen molar-refractivity contribution in [3.63, 3.8) is 0 Å². The number of likely N-dealkylation sites (N-methyl/N-ethyl adjacent to an activating group) is 1. The average Bonchev–Trinajstić information content (AvgIpc) is 2.63. The van der Waals surface area contributed by atoms with E-state index in [1.807, 2.05) is 13.1 Å². The summed E-state index contributed by atoms with van der Waals surface area (Å²) in [6, 6.07) is 10.3. The van der Waals surface area contributed by atoms with E-state index in [1.54, 1.807) is 23.5 Å². The highest BCUT2D eigenvalue weighted by molar-refractivity contribution is 5.81. The van der Waals surface area contributed by atoms with Crippen LogP contribution in [0.3, 0.4) is 0 Å². The lowest BCUT2D eigenvalue weighted by Crippen LogP contribution is -2.49. The topological polar surface area (TPSA) is 49.3 Å². The number of rotatable bonds is 5. The first kappa shape index (κ1) is 16.6. The molecular weight excluding hydrogens is 300 g/mol. The summed E-state index contributed by atoms with van der Waals surface area (Å²) < 4.78 is 0. The first-order valence-corrected chi connectivity index (χ1v) is 8.52. The molecule has 0 saturated carbocycles. The van der Waals surface area contributed by atoms with Crippen LogP contribution in [0.1, 0.15) is 30.5 Å². The Morgan fingerprint density at radius 2 is 2.08 bits per heavy atom. The standard InChI is InChI=1S/C19H24N4O/c1-22(15-17-13-20-10-11-21-17)19(24)18-9-5-6-12-23(18)14-16-7-3-2-4-8-16/h2-4,7-8,10-11,13,18H,5-6,9,12,14-15H2,1H3/t18-/m1/s1. The molecule has 1 aliphatic heterocycles. The van der Waals surface area contributed by atoms with Gasteiger partial charge in [0.05, 0.1) is 24.5 Å². The Bertz CT molecular complexity index is 647. The summed E-state index contributed by atoms with van der Waals surface area (Å²) in [6.07, 6.45) is 8.22. The zero-order chi connectivity index (χ0) is 16.8. The van der Waals surface area contributed by atoms with E-state index in [2.05, 4.69) is 39.1 Å². The van der Waals surface area contributed by atoms with Crippen LogP contribution in [0.4, 0.5) is 0 Å². The van der Waals surface area contributed by atoms with E-state index in [0.717, 1.165) is 38.0 Å². The Morgan fingerprint density at radius 1 is 1.25 bits per heavy atom. The van der Waals surface area contributed by atoms with Crippen molar-refractivity contribution < 1.29 is 4.79 Å². The van der Waals surface area contributed by atoms with Crippen molar-refractivity contribution in [2.45, 2.75) is 38.4 Å². The highest BCUT2D eigenvalue weighted by Crippen LogP contribution is 2.21. The number of carbonyl (C=O) groups excluding carboxylic acids is 1. The van der Waals surface area contributed by atoms with Crippen molar-refractivity contribution in [3.8, 4) is 0 Å². The third-order valence-corrected chi connectivity index (χ3v) is 4.52. The molecule has 5 nitrogen and oxygen atoms in total. The van der Waals surface area contributed by atoms with E-state index >= 15 is 0 Å². The van der Waals surface area contributed by atoms with Crippen molar-refractivity contribution in [2.24, 2.45) is 0 Å². The van der Waals surface area contributed by atoms with Gasteiger partial charge in [0.25, 0.3) is 0 Å². The SMILES string of the molecule is CN(Cc1cnccn1)C(=O)[C@H]1CCCCN1Cc1ccccc1. The van der Waals surface area contributed by atoms with E-state index in [1.165, 1.54) is 5.56 Å². The summed E-state index contributed by atoms with van der Waals surface area (Å²) in [4.78, 5) is 25.4. The number of benzene rings is 1. The first-order chi connectivity index (χ1) is 11.7. The number of likely N-dealkylation sites (tertiary alicyclic amines) is 1. The predicted molar refractivity (Wildman–Crippen MR) is 93.0 cm³/mol. The third kappa shape index (κ3) is 4.17. The second-order valence-electron chi connectivity index (χ2n) is 6.36. The number of piperidine rings is 1. The number of nitrogens with zero attached hydrogens (tertiary/aromatic N) is 4. The van der Waals surface area contributed by atoms with Crippen molar-refractivity contribution >= 4 is 5.91 Å². The van der Waals surface area contributed by atoms with Crippen LogP contribution in [0.15, 0.2) is 48.9 Å².